The predicted molar refractivity (Wildman–Crippen MR) is 86.0 cm³/mol. The van der Waals surface area contributed by atoms with Gasteiger partial charge in [0.2, 0.25) is 0 Å². The number of benzene rings is 1. The van der Waals surface area contributed by atoms with Gasteiger partial charge in [0.1, 0.15) is 0 Å². The van der Waals surface area contributed by atoms with E-state index in [4.69, 9.17) is 4.74 Å². The molecule has 0 fully saturated rings. The first-order chi connectivity index (χ1) is 10.1. The molecule has 0 aliphatic carbocycles. The molecule has 0 saturated heterocycles. The van der Waals surface area contributed by atoms with Gasteiger partial charge in [-0.3, -0.25) is 0 Å². The van der Waals surface area contributed by atoms with Gasteiger partial charge in [-0.05, 0) is 41.1 Å². The molecule has 0 aliphatic rings. The third kappa shape index (κ3) is 3.95. The van der Waals surface area contributed by atoms with E-state index in [1.165, 1.54) is 0 Å². The minimum atomic E-state index is -0.322. The number of hydrogen-bond acceptors (Lipinski definition) is 4. The smallest absolute Gasteiger partial charge is 0.338 e. The van der Waals surface area contributed by atoms with E-state index in [0.29, 0.717) is 18.7 Å². The monoisotopic (exact) mass is 349 g/mol. The minimum Gasteiger partial charge on any atom is -0.462 e. The number of carbonyl (C=O) groups excluding carboxylic acids is 1. The van der Waals surface area contributed by atoms with Gasteiger partial charge in [-0.15, -0.1) is 0 Å². The van der Waals surface area contributed by atoms with Gasteiger partial charge in [0.25, 0.3) is 0 Å². The fraction of sp³-hybridized carbons (Fsp3) is 0.200. The summed E-state index contributed by atoms with van der Waals surface area (Å²) >= 11 is 3.45. The van der Waals surface area contributed by atoms with Crippen molar-refractivity contribution in [2.45, 2.75) is 13.5 Å². The quantitative estimate of drug-likeness (QED) is 0.810. The van der Waals surface area contributed by atoms with Crippen molar-refractivity contribution in [3.05, 3.63) is 52.8 Å². The van der Waals surface area contributed by atoms with Crippen LogP contribution in [0.4, 0.5) is 5.69 Å². The lowest BCUT2D eigenvalue weighted by atomic mass is 10.2. The zero-order valence-electron chi connectivity index (χ0n) is 11.7. The standard InChI is InChI=1S/C15H16BrN3O2/c1-3-19-10-11(9-18-19)8-17-14-6-5-12(7-13(14)16)15(20)21-4-2/h3,5-7,9-10,17H,1,4,8H2,2H3. The van der Waals surface area contributed by atoms with Crippen LogP contribution < -0.4 is 5.32 Å². The Bertz CT molecular complexity index is 652. The topological polar surface area (TPSA) is 56.2 Å². The molecule has 2 aromatic rings. The average molecular weight is 350 g/mol. The molecule has 1 aromatic carbocycles. The van der Waals surface area contributed by atoms with Gasteiger partial charge in [-0.25, -0.2) is 9.48 Å². The van der Waals surface area contributed by atoms with Crippen LogP contribution in [0.2, 0.25) is 0 Å². The van der Waals surface area contributed by atoms with Crippen molar-refractivity contribution < 1.29 is 9.53 Å². The number of ether oxygens (including phenoxy) is 1. The van der Waals surface area contributed by atoms with Crippen molar-refractivity contribution in [3.8, 4) is 0 Å². The van der Waals surface area contributed by atoms with Crippen molar-refractivity contribution in [1.29, 1.82) is 0 Å². The normalized spacial score (nSPS) is 10.2. The molecular weight excluding hydrogens is 334 g/mol. The summed E-state index contributed by atoms with van der Waals surface area (Å²) in [6, 6.07) is 5.32. The molecule has 110 valence electrons. The number of nitrogens with one attached hydrogen (secondary N) is 1. The maximum absolute atomic E-state index is 11.6. The van der Waals surface area contributed by atoms with Crippen LogP contribution in [0.5, 0.6) is 0 Å². The van der Waals surface area contributed by atoms with E-state index < -0.39 is 0 Å². The molecular formula is C15H16BrN3O2. The zero-order valence-corrected chi connectivity index (χ0v) is 13.3. The van der Waals surface area contributed by atoms with Crippen LogP contribution in [-0.2, 0) is 11.3 Å². The highest BCUT2D eigenvalue weighted by molar-refractivity contribution is 9.10. The van der Waals surface area contributed by atoms with E-state index in [9.17, 15) is 4.79 Å². The van der Waals surface area contributed by atoms with Crippen LogP contribution in [0, 0.1) is 0 Å². The second kappa shape index (κ2) is 7.08. The summed E-state index contributed by atoms with van der Waals surface area (Å²) in [5.41, 5.74) is 2.46. The molecule has 6 heteroatoms. The van der Waals surface area contributed by atoms with Crippen LogP contribution in [0.15, 0.2) is 41.6 Å². The first-order valence-corrected chi connectivity index (χ1v) is 7.29. The molecule has 5 nitrogen and oxygen atoms in total. The lowest BCUT2D eigenvalue weighted by Gasteiger charge is -2.09. The van der Waals surface area contributed by atoms with Gasteiger partial charge < -0.3 is 10.1 Å². The Hall–Kier alpha value is -2.08. The van der Waals surface area contributed by atoms with Crippen molar-refractivity contribution >= 4 is 33.8 Å². The summed E-state index contributed by atoms with van der Waals surface area (Å²) in [4.78, 5) is 11.6. The number of nitrogens with zero attached hydrogens (tertiary/aromatic N) is 2. The number of halogens is 1. The summed E-state index contributed by atoms with van der Waals surface area (Å²) in [6.45, 7) is 6.43. The van der Waals surface area contributed by atoms with Crippen LogP contribution in [0.3, 0.4) is 0 Å². The first-order valence-electron chi connectivity index (χ1n) is 6.50. The van der Waals surface area contributed by atoms with Gasteiger partial charge in [0.05, 0.1) is 18.4 Å². The molecule has 1 N–H and O–H groups in total. The second-order valence-corrected chi connectivity index (χ2v) is 5.13. The maximum atomic E-state index is 11.6. The average Bonchev–Trinajstić information content (AvgIpc) is 2.94. The third-order valence-corrected chi connectivity index (χ3v) is 3.46. The Labute approximate surface area is 131 Å². The molecule has 0 atom stereocenters. The Morgan fingerprint density at radius 3 is 3.00 bits per heavy atom. The number of anilines is 1. The van der Waals surface area contributed by atoms with Crippen molar-refractivity contribution in [2.24, 2.45) is 0 Å². The van der Waals surface area contributed by atoms with E-state index in [1.807, 2.05) is 12.3 Å². The molecule has 0 spiro atoms. The van der Waals surface area contributed by atoms with Crippen molar-refractivity contribution in [3.63, 3.8) is 0 Å². The fourth-order valence-electron chi connectivity index (χ4n) is 1.77. The van der Waals surface area contributed by atoms with Crippen LogP contribution in [-0.4, -0.2) is 22.4 Å². The van der Waals surface area contributed by atoms with Gasteiger partial charge in [0, 0.05) is 34.7 Å². The molecule has 0 amide bonds. The molecule has 2 rings (SSSR count). The molecule has 0 bridgehead atoms. The summed E-state index contributed by atoms with van der Waals surface area (Å²) in [6.07, 6.45) is 5.30. The summed E-state index contributed by atoms with van der Waals surface area (Å²) < 4.78 is 7.42. The maximum Gasteiger partial charge on any atom is 0.338 e. The van der Waals surface area contributed by atoms with Gasteiger partial charge >= 0.3 is 5.97 Å². The molecule has 1 aromatic heterocycles. The number of aromatic nitrogens is 2. The van der Waals surface area contributed by atoms with Crippen LogP contribution in [0.1, 0.15) is 22.8 Å². The highest BCUT2D eigenvalue weighted by atomic mass is 79.9. The molecule has 1 heterocycles. The van der Waals surface area contributed by atoms with Crippen LogP contribution in [0.25, 0.3) is 6.20 Å². The highest BCUT2D eigenvalue weighted by Crippen LogP contribution is 2.24. The van der Waals surface area contributed by atoms with E-state index in [-0.39, 0.29) is 5.97 Å². The number of hydrogen-bond donors (Lipinski definition) is 1. The Morgan fingerprint density at radius 1 is 1.57 bits per heavy atom. The predicted octanol–water partition coefficient (Wildman–Crippen LogP) is 3.53. The Kier molecular flexibility index (Phi) is 5.16. The number of rotatable bonds is 6. The number of esters is 1. The largest absolute Gasteiger partial charge is 0.462 e. The molecule has 0 radical (unpaired) electrons. The van der Waals surface area contributed by atoms with Crippen LogP contribution >= 0.6 is 15.9 Å². The lowest BCUT2D eigenvalue weighted by Crippen LogP contribution is -2.05. The summed E-state index contributed by atoms with van der Waals surface area (Å²) in [5.74, 6) is -0.322. The van der Waals surface area contributed by atoms with Crippen molar-refractivity contribution in [1.82, 2.24) is 9.78 Å². The van der Waals surface area contributed by atoms with Gasteiger partial charge in [-0.1, -0.05) is 6.58 Å². The SMILES string of the molecule is C=Cn1cc(CNc2ccc(C(=O)OCC)cc2Br)cn1. The minimum absolute atomic E-state index is 0.322. The van der Waals surface area contributed by atoms with Gasteiger partial charge in [-0.2, -0.15) is 5.10 Å². The summed E-state index contributed by atoms with van der Waals surface area (Å²) in [7, 11) is 0. The first kappa shape index (κ1) is 15.3. The van der Waals surface area contributed by atoms with Crippen molar-refractivity contribution in [2.75, 3.05) is 11.9 Å². The second-order valence-electron chi connectivity index (χ2n) is 4.28. The van der Waals surface area contributed by atoms with E-state index in [2.05, 4.69) is 32.9 Å². The lowest BCUT2D eigenvalue weighted by molar-refractivity contribution is 0.0526. The molecule has 21 heavy (non-hydrogen) atoms. The molecule has 0 saturated carbocycles. The fourth-order valence-corrected chi connectivity index (χ4v) is 2.28. The van der Waals surface area contributed by atoms with E-state index >= 15 is 0 Å². The van der Waals surface area contributed by atoms with E-state index in [0.717, 1.165) is 15.7 Å². The Morgan fingerprint density at radius 2 is 2.38 bits per heavy atom. The zero-order chi connectivity index (χ0) is 15.2. The van der Waals surface area contributed by atoms with E-state index in [1.54, 1.807) is 36.1 Å². The number of carbonyl (C=O) groups is 1. The van der Waals surface area contributed by atoms with Gasteiger partial charge in [0.15, 0.2) is 0 Å². The molecule has 0 unspecified atom stereocenters. The third-order valence-electron chi connectivity index (χ3n) is 2.81. The summed E-state index contributed by atoms with van der Waals surface area (Å²) in [5, 5.41) is 7.39. The Balaban J connectivity index is 2.03. The highest BCUT2D eigenvalue weighted by Gasteiger charge is 2.09. The molecule has 0 aliphatic heterocycles.